The molecule has 86 valence electrons. The minimum Gasteiger partial charge on any atom is -0.477 e. The smallest absolute Gasteiger partial charge is 0.354 e. The third kappa shape index (κ3) is 2.54. The lowest BCUT2D eigenvalue weighted by Crippen LogP contribution is -2.02. The summed E-state index contributed by atoms with van der Waals surface area (Å²) in [5, 5.41) is 9.72. The quantitative estimate of drug-likeness (QED) is 0.909. The molecule has 2 rings (SSSR count). The molecule has 0 saturated heterocycles. The van der Waals surface area contributed by atoms with Crippen LogP contribution in [0.3, 0.4) is 0 Å². The second-order valence-corrected chi connectivity index (χ2v) is 4.04. The van der Waals surface area contributed by atoms with Crippen LogP contribution in [0.15, 0.2) is 30.5 Å². The van der Waals surface area contributed by atoms with E-state index in [9.17, 15) is 4.79 Å². The van der Waals surface area contributed by atoms with Crippen LogP contribution >= 0.6 is 23.2 Å². The van der Waals surface area contributed by atoms with Gasteiger partial charge in [-0.3, -0.25) is 0 Å². The standard InChI is InChI=1S/C11H6Cl2N2O2/c12-6-1-2-8(13)7(5-6)10-14-4-3-9(15-10)11(16)17/h1-5H,(H,16,17). The first-order chi connectivity index (χ1) is 8.08. The summed E-state index contributed by atoms with van der Waals surface area (Å²) in [4.78, 5) is 18.7. The molecule has 0 amide bonds. The van der Waals surface area contributed by atoms with E-state index < -0.39 is 5.97 Å². The van der Waals surface area contributed by atoms with E-state index in [1.54, 1.807) is 18.2 Å². The molecule has 0 unspecified atom stereocenters. The van der Waals surface area contributed by atoms with Crippen molar-refractivity contribution in [2.75, 3.05) is 0 Å². The van der Waals surface area contributed by atoms with Crippen molar-refractivity contribution in [3.63, 3.8) is 0 Å². The van der Waals surface area contributed by atoms with Gasteiger partial charge in [-0.15, -0.1) is 0 Å². The third-order valence-corrected chi connectivity index (χ3v) is 2.61. The molecule has 1 aromatic carbocycles. The molecule has 0 aliphatic heterocycles. The molecule has 0 spiro atoms. The Kier molecular flexibility index (Phi) is 3.26. The van der Waals surface area contributed by atoms with Gasteiger partial charge in [-0.1, -0.05) is 23.2 Å². The zero-order chi connectivity index (χ0) is 12.4. The van der Waals surface area contributed by atoms with Gasteiger partial charge in [0.05, 0.1) is 5.02 Å². The van der Waals surface area contributed by atoms with E-state index in [1.165, 1.54) is 12.3 Å². The SMILES string of the molecule is O=C(O)c1ccnc(-c2cc(Cl)ccc2Cl)n1. The summed E-state index contributed by atoms with van der Waals surface area (Å²) in [5.41, 5.74) is 0.410. The Labute approximate surface area is 107 Å². The first-order valence-electron chi connectivity index (χ1n) is 4.59. The van der Waals surface area contributed by atoms with Crippen LogP contribution < -0.4 is 0 Å². The van der Waals surface area contributed by atoms with E-state index in [4.69, 9.17) is 28.3 Å². The number of carboxylic acids is 1. The summed E-state index contributed by atoms with van der Waals surface area (Å²) in [7, 11) is 0. The van der Waals surface area contributed by atoms with Gasteiger partial charge in [0.2, 0.25) is 0 Å². The minimum absolute atomic E-state index is 0.0916. The molecule has 2 aromatic rings. The number of hydrogen-bond acceptors (Lipinski definition) is 3. The topological polar surface area (TPSA) is 63.1 Å². The van der Waals surface area contributed by atoms with Gasteiger partial charge < -0.3 is 5.11 Å². The first kappa shape index (κ1) is 11.8. The van der Waals surface area contributed by atoms with Crippen LogP contribution in [0, 0.1) is 0 Å². The minimum atomic E-state index is -1.12. The number of carboxylic acid groups (broad SMARTS) is 1. The average Bonchev–Trinajstić information content (AvgIpc) is 2.32. The highest BCUT2D eigenvalue weighted by Gasteiger charge is 2.11. The molecule has 6 heteroatoms. The number of rotatable bonds is 2. The lowest BCUT2D eigenvalue weighted by Gasteiger charge is -2.04. The van der Waals surface area contributed by atoms with Crippen LogP contribution in [0.2, 0.25) is 10.0 Å². The number of hydrogen-bond donors (Lipinski definition) is 1. The summed E-state index contributed by atoms with van der Waals surface area (Å²) in [6.45, 7) is 0. The second kappa shape index (κ2) is 4.69. The molecule has 1 aromatic heterocycles. The van der Waals surface area contributed by atoms with Gasteiger partial charge >= 0.3 is 5.97 Å². The highest BCUT2D eigenvalue weighted by atomic mass is 35.5. The maximum Gasteiger partial charge on any atom is 0.354 e. The van der Waals surface area contributed by atoms with Crippen LogP contribution in [0.1, 0.15) is 10.5 Å². The summed E-state index contributed by atoms with van der Waals surface area (Å²) < 4.78 is 0. The van der Waals surface area contributed by atoms with E-state index >= 15 is 0 Å². The molecule has 0 atom stereocenters. The fraction of sp³-hybridized carbons (Fsp3) is 0. The maximum absolute atomic E-state index is 10.8. The number of aromatic nitrogens is 2. The average molecular weight is 269 g/mol. The van der Waals surface area contributed by atoms with Crippen LogP contribution in [-0.4, -0.2) is 21.0 Å². The summed E-state index contributed by atoms with van der Waals surface area (Å²) >= 11 is 11.8. The van der Waals surface area contributed by atoms with Gasteiger partial charge in [0.1, 0.15) is 0 Å². The Morgan fingerprint density at radius 1 is 1.24 bits per heavy atom. The molecule has 0 fully saturated rings. The maximum atomic E-state index is 10.8. The van der Waals surface area contributed by atoms with Crippen molar-refractivity contribution in [1.29, 1.82) is 0 Å². The van der Waals surface area contributed by atoms with Gasteiger partial charge in [-0.05, 0) is 24.3 Å². The van der Waals surface area contributed by atoms with E-state index in [2.05, 4.69) is 9.97 Å². The van der Waals surface area contributed by atoms with Gasteiger partial charge in [-0.25, -0.2) is 14.8 Å². The molecule has 0 bridgehead atoms. The Morgan fingerprint density at radius 2 is 2.00 bits per heavy atom. The summed E-state index contributed by atoms with van der Waals surface area (Å²) in [5.74, 6) is -0.885. The van der Waals surface area contributed by atoms with Crippen molar-refractivity contribution in [3.8, 4) is 11.4 Å². The van der Waals surface area contributed by atoms with E-state index in [0.29, 0.717) is 15.6 Å². The Balaban J connectivity index is 2.56. The molecule has 0 saturated carbocycles. The lowest BCUT2D eigenvalue weighted by molar-refractivity contribution is 0.0690. The van der Waals surface area contributed by atoms with E-state index in [1.807, 2.05) is 0 Å². The van der Waals surface area contributed by atoms with Crippen molar-refractivity contribution < 1.29 is 9.90 Å². The summed E-state index contributed by atoms with van der Waals surface area (Å²) in [6.07, 6.45) is 1.36. The van der Waals surface area contributed by atoms with Crippen molar-refractivity contribution in [1.82, 2.24) is 9.97 Å². The summed E-state index contributed by atoms with van der Waals surface area (Å²) in [6, 6.07) is 6.14. The van der Waals surface area contributed by atoms with Gasteiger partial charge in [0, 0.05) is 16.8 Å². The fourth-order valence-electron chi connectivity index (χ4n) is 1.28. The number of benzene rings is 1. The normalized spacial score (nSPS) is 10.2. The fourth-order valence-corrected chi connectivity index (χ4v) is 1.65. The number of carbonyl (C=O) groups is 1. The van der Waals surface area contributed by atoms with Gasteiger partial charge in [0.25, 0.3) is 0 Å². The molecule has 0 aliphatic carbocycles. The second-order valence-electron chi connectivity index (χ2n) is 3.19. The highest BCUT2D eigenvalue weighted by molar-refractivity contribution is 6.35. The zero-order valence-electron chi connectivity index (χ0n) is 8.39. The van der Waals surface area contributed by atoms with Gasteiger partial charge in [0.15, 0.2) is 11.5 Å². The first-order valence-corrected chi connectivity index (χ1v) is 5.35. The molecule has 17 heavy (non-hydrogen) atoms. The largest absolute Gasteiger partial charge is 0.477 e. The highest BCUT2D eigenvalue weighted by Crippen LogP contribution is 2.28. The van der Waals surface area contributed by atoms with E-state index in [-0.39, 0.29) is 11.5 Å². The van der Waals surface area contributed by atoms with Crippen LogP contribution in [-0.2, 0) is 0 Å². The molecule has 4 nitrogen and oxygen atoms in total. The molecule has 1 heterocycles. The van der Waals surface area contributed by atoms with Crippen molar-refractivity contribution >= 4 is 29.2 Å². The number of aromatic carboxylic acids is 1. The van der Waals surface area contributed by atoms with Crippen LogP contribution in [0.4, 0.5) is 0 Å². The van der Waals surface area contributed by atoms with E-state index in [0.717, 1.165) is 0 Å². The van der Waals surface area contributed by atoms with Crippen molar-refractivity contribution in [2.24, 2.45) is 0 Å². The Morgan fingerprint density at radius 3 is 2.71 bits per heavy atom. The Bertz CT molecular complexity index is 587. The predicted molar refractivity (Wildman–Crippen MR) is 64.4 cm³/mol. The number of nitrogens with zero attached hydrogens (tertiary/aromatic N) is 2. The van der Waals surface area contributed by atoms with Crippen molar-refractivity contribution in [3.05, 3.63) is 46.2 Å². The molecular formula is C11H6Cl2N2O2. The monoisotopic (exact) mass is 268 g/mol. The molecule has 0 radical (unpaired) electrons. The van der Waals surface area contributed by atoms with Crippen LogP contribution in [0.25, 0.3) is 11.4 Å². The van der Waals surface area contributed by atoms with Gasteiger partial charge in [-0.2, -0.15) is 0 Å². The van der Waals surface area contributed by atoms with Crippen LogP contribution in [0.5, 0.6) is 0 Å². The predicted octanol–water partition coefficient (Wildman–Crippen LogP) is 3.15. The van der Waals surface area contributed by atoms with Crippen molar-refractivity contribution in [2.45, 2.75) is 0 Å². The molecular weight excluding hydrogens is 263 g/mol. The number of halogens is 2. The Hall–Kier alpha value is -1.65. The lowest BCUT2D eigenvalue weighted by atomic mass is 10.2. The zero-order valence-corrected chi connectivity index (χ0v) is 9.90. The molecule has 1 N–H and O–H groups in total. The molecule has 0 aliphatic rings. The third-order valence-electron chi connectivity index (χ3n) is 2.04.